The van der Waals surface area contributed by atoms with Gasteiger partial charge in [0, 0.05) is 30.1 Å². The Hall–Kier alpha value is -1.06. The highest BCUT2D eigenvalue weighted by molar-refractivity contribution is 6.53. The van der Waals surface area contributed by atoms with Crippen LogP contribution >= 0.6 is 23.2 Å². The molecule has 5 heterocycles. The number of carbonyl (C=O) groups excluding carboxylic acids is 1. The minimum absolute atomic E-state index is 0.0225. The molecule has 0 saturated carbocycles. The van der Waals surface area contributed by atoms with Crippen LogP contribution in [0.4, 0.5) is 0 Å². The van der Waals surface area contributed by atoms with Crippen LogP contribution in [0.25, 0.3) is 0 Å². The maximum absolute atomic E-state index is 13.0. The molecule has 334 valence electrons. The number of amides is 1. The fourth-order valence-electron chi connectivity index (χ4n) is 11.1. The number of halogens is 2. The van der Waals surface area contributed by atoms with E-state index in [9.17, 15) is 30.0 Å². The van der Waals surface area contributed by atoms with Gasteiger partial charge in [-0.15, -0.1) is 0 Å². The Kier molecular flexibility index (Phi) is 15.5. The van der Waals surface area contributed by atoms with Crippen LogP contribution in [0.3, 0.4) is 0 Å². The van der Waals surface area contributed by atoms with Crippen LogP contribution < -0.4 is 5.32 Å². The Bertz CT molecular complexity index is 1460. The minimum Gasteiger partial charge on any atom is -0.481 e. The molecule has 0 bridgehead atoms. The molecule has 5 aliphatic heterocycles. The van der Waals surface area contributed by atoms with Crippen molar-refractivity contribution < 1.29 is 53.7 Å². The largest absolute Gasteiger partial charge is 0.481 e. The number of ether oxygens (including phenoxy) is 5. The van der Waals surface area contributed by atoms with E-state index in [0.29, 0.717) is 57.8 Å². The maximum atomic E-state index is 13.0. The molecule has 0 aromatic heterocycles. The third-order valence-corrected chi connectivity index (χ3v) is 15.6. The molecular formula is C44H73Cl2NO11. The first-order valence-electron chi connectivity index (χ1n) is 22.1. The Balaban J connectivity index is 1.38. The molecule has 4 saturated heterocycles. The summed E-state index contributed by atoms with van der Waals surface area (Å²) in [6, 6.07) is -0.758. The van der Waals surface area contributed by atoms with E-state index in [4.69, 9.17) is 46.9 Å². The van der Waals surface area contributed by atoms with Gasteiger partial charge in [-0.05, 0) is 89.5 Å². The van der Waals surface area contributed by atoms with Crippen molar-refractivity contribution in [1.29, 1.82) is 0 Å². The molecule has 0 radical (unpaired) electrons. The average Bonchev–Trinajstić information content (AvgIpc) is 3.52. The van der Waals surface area contributed by atoms with Gasteiger partial charge < -0.3 is 49.4 Å². The van der Waals surface area contributed by atoms with Crippen LogP contribution in [0.15, 0.2) is 12.2 Å². The maximum Gasteiger partial charge on any atom is 0.309 e. The smallest absolute Gasteiger partial charge is 0.309 e. The van der Waals surface area contributed by atoms with E-state index >= 15 is 0 Å². The molecule has 14 heteroatoms. The third kappa shape index (κ3) is 9.32. The summed E-state index contributed by atoms with van der Waals surface area (Å²) in [7, 11) is 0. The normalized spacial score (nSPS) is 43.8. The molecule has 2 unspecified atom stereocenters. The summed E-state index contributed by atoms with van der Waals surface area (Å²) in [6.45, 7) is 19.8. The topological polar surface area (TPSA) is 173 Å². The molecular weight excluding hydrogens is 789 g/mol. The molecule has 5 rings (SSSR count). The predicted molar refractivity (Wildman–Crippen MR) is 221 cm³/mol. The molecule has 58 heavy (non-hydrogen) atoms. The second kappa shape index (κ2) is 18.7. The lowest BCUT2D eigenvalue weighted by atomic mass is 9.72. The standard InChI is InChI=1S/C44H73Cl2NO11/c1-11-29(40(51)52)31-15-14-23(4)36(55-31)27(8)34(48)26(7)35(49)30(12-2)37-24(5)22-25(6)43(56-37)19-16-32(47-39(50)38(45)46)44(58-43)21-20-41(10,57-44)33-17-18-42(53,13-3)28(9)54-33/h16,19,23-38,48-49,53H,11-15,17-18,20-22H2,1-10H3,(H,47,50)(H,51,52)/t23-,24-,25+,26-,27-,28-,29+,30?,31+,32+,33+,34+,35?,36+,37-,41-,42+,43-,44-/m0/s1. The third-order valence-electron chi connectivity index (χ3n) is 15.2. The number of alkyl halides is 2. The lowest BCUT2D eigenvalue weighted by Crippen LogP contribution is -2.66. The highest BCUT2D eigenvalue weighted by atomic mass is 35.5. The highest BCUT2D eigenvalue weighted by Crippen LogP contribution is 2.54. The number of hydrogen-bond donors (Lipinski definition) is 5. The Morgan fingerprint density at radius 1 is 0.897 bits per heavy atom. The van der Waals surface area contributed by atoms with Crippen molar-refractivity contribution in [2.75, 3.05) is 0 Å². The summed E-state index contributed by atoms with van der Waals surface area (Å²) in [6.07, 6.45) is 5.69. The second-order valence-corrected chi connectivity index (χ2v) is 20.1. The van der Waals surface area contributed by atoms with Gasteiger partial charge in [0.25, 0.3) is 5.91 Å². The van der Waals surface area contributed by atoms with Crippen molar-refractivity contribution in [3.63, 3.8) is 0 Å². The zero-order chi connectivity index (χ0) is 43.1. The zero-order valence-electron chi connectivity index (χ0n) is 36.4. The predicted octanol–water partition coefficient (Wildman–Crippen LogP) is 6.91. The fourth-order valence-corrected chi connectivity index (χ4v) is 11.2. The van der Waals surface area contributed by atoms with Crippen molar-refractivity contribution in [2.24, 2.45) is 41.4 Å². The molecule has 5 aliphatic rings. The van der Waals surface area contributed by atoms with Gasteiger partial charge >= 0.3 is 5.97 Å². The number of hydrogen-bond acceptors (Lipinski definition) is 10. The lowest BCUT2D eigenvalue weighted by molar-refractivity contribution is -0.400. The Labute approximate surface area is 356 Å². The number of rotatable bonds is 14. The number of nitrogens with one attached hydrogen (secondary N) is 1. The monoisotopic (exact) mass is 861 g/mol. The van der Waals surface area contributed by atoms with Crippen molar-refractivity contribution in [1.82, 2.24) is 5.32 Å². The van der Waals surface area contributed by atoms with Crippen molar-refractivity contribution in [3.8, 4) is 0 Å². The van der Waals surface area contributed by atoms with Crippen molar-refractivity contribution >= 4 is 35.1 Å². The van der Waals surface area contributed by atoms with Gasteiger partial charge in [0.1, 0.15) is 6.04 Å². The molecule has 0 aromatic carbocycles. The first-order chi connectivity index (χ1) is 27.1. The Morgan fingerprint density at radius 2 is 1.59 bits per heavy atom. The summed E-state index contributed by atoms with van der Waals surface area (Å²) in [5.74, 6) is -6.03. The molecule has 1 amide bonds. The van der Waals surface area contributed by atoms with E-state index in [2.05, 4.69) is 26.1 Å². The van der Waals surface area contributed by atoms with Crippen LogP contribution in [0.5, 0.6) is 0 Å². The zero-order valence-corrected chi connectivity index (χ0v) is 37.9. The Morgan fingerprint density at radius 3 is 2.17 bits per heavy atom. The van der Waals surface area contributed by atoms with Crippen molar-refractivity contribution in [2.45, 2.75) is 210 Å². The van der Waals surface area contributed by atoms with Gasteiger partial charge in [-0.3, -0.25) is 9.59 Å². The lowest BCUT2D eigenvalue weighted by Gasteiger charge is -2.55. The fraction of sp³-hybridized carbons (Fsp3) is 0.909. The molecule has 0 aromatic rings. The number of aliphatic carboxylic acids is 1. The number of aliphatic hydroxyl groups excluding tert-OH is 2. The molecule has 0 aliphatic carbocycles. The van der Waals surface area contributed by atoms with E-state index in [0.717, 1.165) is 6.42 Å². The summed E-state index contributed by atoms with van der Waals surface area (Å²) in [5.41, 5.74) is -1.74. The number of carboxylic acid groups (broad SMARTS) is 1. The number of aliphatic hydroxyl groups is 3. The summed E-state index contributed by atoms with van der Waals surface area (Å²) >= 11 is 12.0. The van der Waals surface area contributed by atoms with Crippen molar-refractivity contribution in [3.05, 3.63) is 12.2 Å². The summed E-state index contributed by atoms with van der Waals surface area (Å²) in [4.78, 5) is 23.7. The molecule has 19 atom stereocenters. The molecule has 5 N–H and O–H groups in total. The van der Waals surface area contributed by atoms with Gasteiger partial charge in [-0.2, -0.15) is 0 Å². The quantitative estimate of drug-likeness (QED) is 0.0908. The van der Waals surface area contributed by atoms with Gasteiger partial charge in [0.15, 0.2) is 16.4 Å². The number of carboxylic acids is 1. The first-order valence-corrected chi connectivity index (χ1v) is 23.0. The van der Waals surface area contributed by atoms with E-state index < -0.39 is 87.9 Å². The van der Waals surface area contributed by atoms with E-state index in [1.54, 1.807) is 0 Å². The van der Waals surface area contributed by atoms with Crippen LogP contribution in [-0.4, -0.2) is 109 Å². The molecule has 12 nitrogen and oxygen atoms in total. The van der Waals surface area contributed by atoms with Gasteiger partial charge in [-0.1, -0.05) is 84.7 Å². The number of carbonyl (C=O) groups is 2. The highest BCUT2D eigenvalue weighted by Gasteiger charge is 2.63. The van der Waals surface area contributed by atoms with Crippen LogP contribution in [0, 0.1) is 41.4 Å². The summed E-state index contributed by atoms with van der Waals surface area (Å²) < 4.78 is 34.3. The van der Waals surface area contributed by atoms with E-state index in [1.165, 1.54) is 0 Å². The van der Waals surface area contributed by atoms with Crippen LogP contribution in [0.1, 0.15) is 133 Å². The van der Waals surface area contributed by atoms with Gasteiger partial charge in [-0.25, -0.2) is 0 Å². The van der Waals surface area contributed by atoms with E-state index in [1.807, 2.05) is 60.6 Å². The SMILES string of the molecule is CCC(C(O)[C@@H](C)[C@@H](O)[C@H](C)[C@@H]1O[C@@H]([C@@H](CC)C(=O)O)CC[C@@H]1C)[C@H]1O[C@]2(C=C[C@@H](NC(=O)C(Cl)Cl)[C@]3(CC[C@@](C)([C@H]4CC[C@](O)(CC)[C@H](C)O4)O3)O2)[C@H](C)C[C@@H]1C. The van der Waals surface area contributed by atoms with E-state index in [-0.39, 0.29) is 41.8 Å². The van der Waals surface area contributed by atoms with Crippen LogP contribution in [-0.2, 0) is 33.3 Å². The minimum atomic E-state index is -1.38. The second-order valence-electron chi connectivity index (χ2n) is 19.0. The first kappa shape index (κ1) is 48.0. The molecule has 2 spiro atoms. The van der Waals surface area contributed by atoms with Gasteiger partial charge in [0.2, 0.25) is 0 Å². The summed E-state index contributed by atoms with van der Waals surface area (Å²) in [5, 5.41) is 48.0. The molecule has 4 fully saturated rings. The van der Waals surface area contributed by atoms with Gasteiger partial charge in [0.05, 0.1) is 59.8 Å². The average molecular weight is 863 g/mol. The van der Waals surface area contributed by atoms with Crippen LogP contribution in [0.2, 0.25) is 0 Å².